The fourth-order valence-corrected chi connectivity index (χ4v) is 1.67. The Hall–Kier alpha value is -0.700. The average Bonchev–Trinajstić information content (AvgIpc) is 2.37. The molecule has 60 valence electrons. The van der Waals surface area contributed by atoms with Crippen LogP contribution in [-0.4, -0.2) is 11.3 Å². The molecule has 1 aromatic rings. The predicted molar refractivity (Wildman–Crippen MR) is 45.9 cm³/mol. The second-order valence-corrected chi connectivity index (χ2v) is 3.38. The minimum Gasteiger partial charge on any atom is -0.303 e. The molecule has 1 heterocycles. The number of nitrogens with zero attached hydrogens (tertiary/aromatic N) is 1. The zero-order valence-corrected chi connectivity index (χ0v) is 7.36. The van der Waals surface area contributed by atoms with Crippen molar-refractivity contribution in [3.8, 4) is 0 Å². The maximum Gasteiger partial charge on any atom is 0.120 e. The van der Waals surface area contributed by atoms with E-state index in [9.17, 15) is 4.79 Å². The molecule has 0 aliphatic carbocycles. The number of aryl methyl sites for hydroxylation is 2. The fourth-order valence-electron chi connectivity index (χ4n) is 0.854. The maximum absolute atomic E-state index is 9.98. The second-order valence-electron chi connectivity index (χ2n) is 2.44. The van der Waals surface area contributed by atoms with Gasteiger partial charge in [0.05, 0.1) is 5.01 Å². The maximum atomic E-state index is 9.98. The molecular formula is C8H11NOS. The molecule has 1 aromatic heterocycles. The molecule has 0 amide bonds. The number of thiazole rings is 1. The first-order valence-corrected chi connectivity index (χ1v) is 4.55. The lowest BCUT2D eigenvalue weighted by Gasteiger charge is -1.89. The Morgan fingerprint density at radius 2 is 2.55 bits per heavy atom. The van der Waals surface area contributed by atoms with Gasteiger partial charge in [-0.2, -0.15) is 0 Å². The van der Waals surface area contributed by atoms with Crippen LogP contribution in [0.15, 0.2) is 5.38 Å². The van der Waals surface area contributed by atoms with E-state index in [1.165, 1.54) is 0 Å². The van der Waals surface area contributed by atoms with Crippen molar-refractivity contribution < 1.29 is 4.79 Å². The van der Waals surface area contributed by atoms with Crippen LogP contribution in [0.3, 0.4) is 0 Å². The number of rotatable bonds is 4. The Morgan fingerprint density at radius 1 is 1.73 bits per heavy atom. The van der Waals surface area contributed by atoms with Gasteiger partial charge in [-0.15, -0.1) is 11.3 Å². The summed E-state index contributed by atoms with van der Waals surface area (Å²) in [6.07, 6.45) is 3.48. The Kier molecular flexibility index (Phi) is 3.23. The summed E-state index contributed by atoms with van der Waals surface area (Å²) in [5.41, 5.74) is 1.08. The summed E-state index contributed by atoms with van der Waals surface area (Å²) < 4.78 is 0. The van der Waals surface area contributed by atoms with Crippen LogP contribution in [0, 0.1) is 6.92 Å². The van der Waals surface area contributed by atoms with Crippen molar-refractivity contribution in [2.75, 3.05) is 0 Å². The summed E-state index contributed by atoms with van der Waals surface area (Å²) >= 11 is 1.67. The number of hydrogen-bond acceptors (Lipinski definition) is 3. The zero-order valence-electron chi connectivity index (χ0n) is 6.54. The largest absolute Gasteiger partial charge is 0.303 e. The zero-order chi connectivity index (χ0) is 8.10. The lowest BCUT2D eigenvalue weighted by molar-refractivity contribution is -0.107. The van der Waals surface area contributed by atoms with Gasteiger partial charge in [0.1, 0.15) is 6.29 Å². The van der Waals surface area contributed by atoms with E-state index in [0.717, 1.165) is 29.8 Å². The molecule has 0 radical (unpaired) electrons. The normalized spacial score (nSPS) is 9.91. The first kappa shape index (κ1) is 8.40. The highest BCUT2D eigenvalue weighted by molar-refractivity contribution is 7.09. The molecule has 0 atom stereocenters. The third kappa shape index (κ3) is 2.80. The Morgan fingerprint density at radius 3 is 3.09 bits per heavy atom. The smallest absolute Gasteiger partial charge is 0.120 e. The van der Waals surface area contributed by atoms with E-state index in [4.69, 9.17) is 0 Å². The lowest BCUT2D eigenvalue weighted by Crippen LogP contribution is -1.84. The van der Waals surface area contributed by atoms with Gasteiger partial charge in [-0.25, -0.2) is 4.98 Å². The number of unbranched alkanes of at least 4 members (excludes halogenated alkanes) is 1. The van der Waals surface area contributed by atoms with E-state index in [1.54, 1.807) is 11.3 Å². The Balaban J connectivity index is 2.32. The summed E-state index contributed by atoms with van der Waals surface area (Å²) in [5.74, 6) is 0. The number of carbonyl (C=O) groups excluding carboxylic acids is 1. The van der Waals surface area contributed by atoms with Gasteiger partial charge < -0.3 is 4.79 Å². The molecule has 3 heteroatoms. The molecule has 0 unspecified atom stereocenters. The molecule has 0 aliphatic rings. The van der Waals surface area contributed by atoms with E-state index in [-0.39, 0.29) is 0 Å². The molecule has 0 bridgehead atoms. The van der Waals surface area contributed by atoms with Crippen LogP contribution in [0.2, 0.25) is 0 Å². The quantitative estimate of drug-likeness (QED) is 0.509. The van der Waals surface area contributed by atoms with Crippen molar-refractivity contribution in [1.29, 1.82) is 0 Å². The molecule has 0 N–H and O–H groups in total. The molecule has 2 nitrogen and oxygen atoms in total. The van der Waals surface area contributed by atoms with Gasteiger partial charge in [-0.3, -0.25) is 0 Å². The van der Waals surface area contributed by atoms with E-state index < -0.39 is 0 Å². The molecule has 0 spiro atoms. The van der Waals surface area contributed by atoms with Crippen LogP contribution >= 0.6 is 11.3 Å². The Bertz CT molecular complexity index is 232. The highest BCUT2D eigenvalue weighted by Gasteiger charge is 1.96. The van der Waals surface area contributed by atoms with Crippen molar-refractivity contribution >= 4 is 17.6 Å². The first-order valence-electron chi connectivity index (χ1n) is 3.67. The number of hydrogen-bond donors (Lipinski definition) is 0. The summed E-state index contributed by atoms with van der Waals surface area (Å²) in [5, 5.41) is 3.18. The van der Waals surface area contributed by atoms with Gasteiger partial charge in [0.25, 0.3) is 0 Å². The van der Waals surface area contributed by atoms with Crippen molar-refractivity contribution in [3.05, 3.63) is 16.1 Å². The van der Waals surface area contributed by atoms with Crippen LogP contribution < -0.4 is 0 Å². The predicted octanol–water partition coefficient (Wildman–Crippen LogP) is 1.97. The SMILES string of the molecule is Cc1csc(CCCC=O)n1. The second kappa shape index (κ2) is 4.23. The number of carbonyl (C=O) groups is 1. The number of aldehydes is 1. The number of aromatic nitrogens is 1. The monoisotopic (exact) mass is 169 g/mol. The Labute approximate surface area is 70.3 Å². The fraction of sp³-hybridized carbons (Fsp3) is 0.500. The third-order valence-electron chi connectivity index (χ3n) is 1.38. The highest BCUT2D eigenvalue weighted by Crippen LogP contribution is 2.10. The van der Waals surface area contributed by atoms with E-state index >= 15 is 0 Å². The molecule has 0 aliphatic heterocycles. The van der Waals surface area contributed by atoms with Gasteiger partial charge in [-0.1, -0.05) is 0 Å². The molecular weight excluding hydrogens is 158 g/mol. The third-order valence-corrected chi connectivity index (χ3v) is 2.41. The van der Waals surface area contributed by atoms with Crippen molar-refractivity contribution in [1.82, 2.24) is 4.98 Å². The van der Waals surface area contributed by atoms with Crippen molar-refractivity contribution in [2.24, 2.45) is 0 Å². The van der Waals surface area contributed by atoms with Crippen LogP contribution in [-0.2, 0) is 11.2 Å². The van der Waals surface area contributed by atoms with Crippen LogP contribution in [0.4, 0.5) is 0 Å². The molecule has 0 saturated carbocycles. The molecule has 0 aromatic carbocycles. The molecule has 0 saturated heterocycles. The van der Waals surface area contributed by atoms with Crippen molar-refractivity contribution in [3.63, 3.8) is 0 Å². The van der Waals surface area contributed by atoms with E-state index in [2.05, 4.69) is 4.98 Å². The standard InChI is InChI=1S/C8H11NOS/c1-7-6-11-8(9-7)4-2-3-5-10/h5-6H,2-4H2,1H3. The first-order chi connectivity index (χ1) is 5.33. The summed E-state index contributed by atoms with van der Waals surface area (Å²) in [6, 6.07) is 0. The molecule has 1 rings (SSSR count). The van der Waals surface area contributed by atoms with Gasteiger partial charge in [0.2, 0.25) is 0 Å². The van der Waals surface area contributed by atoms with Crippen LogP contribution in [0.25, 0.3) is 0 Å². The molecule has 11 heavy (non-hydrogen) atoms. The van der Waals surface area contributed by atoms with Gasteiger partial charge in [0.15, 0.2) is 0 Å². The van der Waals surface area contributed by atoms with E-state index in [1.807, 2.05) is 12.3 Å². The van der Waals surface area contributed by atoms with Crippen molar-refractivity contribution in [2.45, 2.75) is 26.2 Å². The minimum atomic E-state index is 0.651. The summed E-state index contributed by atoms with van der Waals surface area (Å²) in [4.78, 5) is 14.3. The summed E-state index contributed by atoms with van der Waals surface area (Å²) in [6.45, 7) is 1.99. The minimum absolute atomic E-state index is 0.651. The lowest BCUT2D eigenvalue weighted by atomic mass is 10.2. The van der Waals surface area contributed by atoms with Gasteiger partial charge in [-0.05, 0) is 19.8 Å². The van der Waals surface area contributed by atoms with Gasteiger partial charge in [0, 0.05) is 17.5 Å². The highest BCUT2D eigenvalue weighted by atomic mass is 32.1. The van der Waals surface area contributed by atoms with Crippen LogP contribution in [0.5, 0.6) is 0 Å². The van der Waals surface area contributed by atoms with E-state index in [0.29, 0.717) is 6.42 Å². The summed E-state index contributed by atoms with van der Waals surface area (Å²) in [7, 11) is 0. The van der Waals surface area contributed by atoms with Gasteiger partial charge >= 0.3 is 0 Å². The topological polar surface area (TPSA) is 30.0 Å². The van der Waals surface area contributed by atoms with Crippen LogP contribution in [0.1, 0.15) is 23.5 Å². The average molecular weight is 169 g/mol. The molecule has 0 fully saturated rings.